The summed E-state index contributed by atoms with van der Waals surface area (Å²) in [4.78, 5) is 13.0. The van der Waals surface area contributed by atoms with E-state index in [2.05, 4.69) is 10.2 Å². The molecule has 0 spiro atoms. The summed E-state index contributed by atoms with van der Waals surface area (Å²) in [6, 6.07) is 0.0169. The van der Waals surface area contributed by atoms with Crippen LogP contribution in [0.3, 0.4) is 0 Å². The molecule has 2 rings (SSSR count). The second-order valence-electron chi connectivity index (χ2n) is 3.86. The molecule has 0 saturated carbocycles. The van der Waals surface area contributed by atoms with Gasteiger partial charge in [0, 0.05) is 32.3 Å². The molecular weight excluding hydrogens is 184 g/mol. The minimum Gasteiger partial charge on any atom is -0.480 e. The van der Waals surface area contributed by atoms with Crippen LogP contribution in [0.2, 0.25) is 0 Å². The number of carboxylic acid groups (broad SMARTS) is 1. The zero-order chi connectivity index (χ0) is 9.97. The first kappa shape index (κ1) is 9.89. The molecular formula is C9H16N2O3. The normalized spacial score (nSPS) is 34.6. The maximum absolute atomic E-state index is 10.8. The van der Waals surface area contributed by atoms with Crippen molar-refractivity contribution >= 4 is 5.97 Å². The van der Waals surface area contributed by atoms with Crippen molar-refractivity contribution < 1.29 is 14.6 Å². The van der Waals surface area contributed by atoms with Crippen LogP contribution in [0.25, 0.3) is 0 Å². The van der Waals surface area contributed by atoms with Crippen molar-refractivity contribution in [2.45, 2.75) is 18.5 Å². The van der Waals surface area contributed by atoms with Gasteiger partial charge in [0.25, 0.3) is 0 Å². The van der Waals surface area contributed by atoms with Crippen LogP contribution < -0.4 is 5.32 Å². The van der Waals surface area contributed by atoms with Gasteiger partial charge in [-0.2, -0.15) is 0 Å². The van der Waals surface area contributed by atoms with Crippen LogP contribution >= 0.6 is 0 Å². The fourth-order valence-corrected chi connectivity index (χ4v) is 2.08. The number of aliphatic carboxylic acids is 1. The Hall–Kier alpha value is -0.650. The summed E-state index contributed by atoms with van der Waals surface area (Å²) in [7, 11) is 0. The van der Waals surface area contributed by atoms with E-state index < -0.39 is 12.0 Å². The SMILES string of the molecule is O=C(O)C1CN(C2CCOC2)CCN1. The number of ether oxygens (including phenoxy) is 1. The predicted octanol–water partition coefficient (Wildman–Crippen LogP) is -0.866. The van der Waals surface area contributed by atoms with Gasteiger partial charge < -0.3 is 15.2 Å². The van der Waals surface area contributed by atoms with E-state index in [0.29, 0.717) is 12.6 Å². The van der Waals surface area contributed by atoms with Crippen molar-refractivity contribution in [1.29, 1.82) is 0 Å². The first-order valence-corrected chi connectivity index (χ1v) is 5.05. The summed E-state index contributed by atoms with van der Waals surface area (Å²) in [6.07, 6.45) is 1.03. The van der Waals surface area contributed by atoms with Gasteiger partial charge in [-0.25, -0.2) is 0 Å². The summed E-state index contributed by atoms with van der Waals surface area (Å²) in [5.74, 6) is -0.756. The summed E-state index contributed by atoms with van der Waals surface area (Å²) < 4.78 is 5.30. The lowest BCUT2D eigenvalue weighted by atomic mass is 10.1. The van der Waals surface area contributed by atoms with Crippen molar-refractivity contribution in [2.75, 3.05) is 32.8 Å². The van der Waals surface area contributed by atoms with Crippen LogP contribution in [-0.2, 0) is 9.53 Å². The lowest BCUT2D eigenvalue weighted by molar-refractivity contribution is -0.140. The Morgan fingerprint density at radius 1 is 1.57 bits per heavy atom. The monoisotopic (exact) mass is 200 g/mol. The minimum absolute atomic E-state index is 0.413. The van der Waals surface area contributed by atoms with Crippen LogP contribution in [0.5, 0.6) is 0 Å². The van der Waals surface area contributed by atoms with Crippen LogP contribution in [0.4, 0.5) is 0 Å². The third-order valence-electron chi connectivity index (χ3n) is 2.93. The molecule has 0 aliphatic carbocycles. The largest absolute Gasteiger partial charge is 0.480 e. The van der Waals surface area contributed by atoms with E-state index in [-0.39, 0.29) is 0 Å². The van der Waals surface area contributed by atoms with Crippen molar-refractivity contribution in [2.24, 2.45) is 0 Å². The zero-order valence-corrected chi connectivity index (χ0v) is 8.11. The zero-order valence-electron chi connectivity index (χ0n) is 8.11. The average molecular weight is 200 g/mol. The Labute approximate surface area is 83.0 Å². The first-order chi connectivity index (χ1) is 6.77. The smallest absolute Gasteiger partial charge is 0.322 e. The summed E-state index contributed by atoms with van der Waals surface area (Å²) in [5, 5.41) is 11.9. The van der Waals surface area contributed by atoms with Crippen molar-refractivity contribution in [3.8, 4) is 0 Å². The first-order valence-electron chi connectivity index (χ1n) is 5.05. The van der Waals surface area contributed by atoms with Crippen molar-refractivity contribution in [1.82, 2.24) is 10.2 Å². The minimum atomic E-state index is -0.756. The van der Waals surface area contributed by atoms with Crippen molar-refractivity contribution in [3.05, 3.63) is 0 Å². The van der Waals surface area contributed by atoms with Crippen LogP contribution in [0.1, 0.15) is 6.42 Å². The molecule has 2 fully saturated rings. The number of hydrogen-bond donors (Lipinski definition) is 2. The van der Waals surface area contributed by atoms with E-state index in [9.17, 15) is 4.79 Å². The lowest BCUT2D eigenvalue weighted by Crippen LogP contribution is -2.56. The molecule has 5 nitrogen and oxygen atoms in total. The van der Waals surface area contributed by atoms with E-state index in [1.807, 2.05) is 0 Å². The second-order valence-corrected chi connectivity index (χ2v) is 3.86. The number of rotatable bonds is 2. The van der Waals surface area contributed by atoms with E-state index in [1.54, 1.807) is 0 Å². The van der Waals surface area contributed by atoms with Crippen LogP contribution in [0, 0.1) is 0 Å². The third-order valence-corrected chi connectivity index (χ3v) is 2.93. The predicted molar refractivity (Wildman–Crippen MR) is 50.2 cm³/mol. The maximum Gasteiger partial charge on any atom is 0.322 e. The van der Waals surface area contributed by atoms with Gasteiger partial charge in [-0.15, -0.1) is 0 Å². The van der Waals surface area contributed by atoms with Gasteiger partial charge >= 0.3 is 5.97 Å². The molecule has 2 saturated heterocycles. The maximum atomic E-state index is 10.8. The van der Waals surface area contributed by atoms with Gasteiger partial charge in [-0.1, -0.05) is 0 Å². The Balaban J connectivity index is 1.89. The third kappa shape index (κ3) is 2.05. The molecule has 0 bridgehead atoms. The van der Waals surface area contributed by atoms with Crippen LogP contribution in [0.15, 0.2) is 0 Å². The molecule has 14 heavy (non-hydrogen) atoms. The van der Waals surface area contributed by atoms with Gasteiger partial charge in [0.15, 0.2) is 0 Å². The summed E-state index contributed by atoms with van der Waals surface area (Å²) >= 11 is 0. The molecule has 2 aliphatic rings. The summed E-state index contributed by atoms with van der Waals surface area (Å²) in [5.41, 5.74) is 0. The quantitative estimate of drug-likeness (QED) is 0.607. The molecule has 80 valence electrons. The van der Waals surface area contributed by atoms with E-state index >= 15 is 0 Å². The molecule has 2 atom stereocenters. The Kier molecular flexibility index (Phi) is 3.00. The van der Waals surface area contributed by atoms with E-state index in [1.165, 1.54) is 0 Å². The topological polar surface area (TPSA) is 61.8 Å². The van der Waals surface area contributed by atoms with Crippen LogP contribution in [-0.4, -0.2) is 60.9 Å². The summed E-state index contributed by atoms with van der Waals surface area (Å²) in [6.45, 7) is 3.85. The standard InChI is InChI=1S/C9H16N2O3/c12-9(13)8-5-11(3-2-10-8)7-1-4-14-6-7/h7-8,10H,1-6H2,(H,12,13). The van der Waals surface area contributed by atoms with E-state index in [0.717, 1.165) is 32.7 Å². The van der Waals surface area contributed by atoms with Gasteiger partial charge in [0.2, 0.25) is 0 Å². The van der Waals surface area contributed by atoms with E-state index in [4.69, 9.17) is 9.84 Å². The fraction of sp³-hybridized carbons (Fsp3) is 0.889. The number of carboxylic acids is 1. The van der Waals surface area contributed by atoms with Gasteiger partial charge in [0.05, 0.1) is 6.61 Å². The fourth-order valence-electron chi connectivity index (χ4n) is 2.08. The Morgan fingerprint density at radius 2 is 2.43 bits per heavy atom. The highest BCUT2D eigenvalue weighted by Gasteiger charge is 2.30. The number of hydrogen-bond acceptors (Lipinski definition) is 4. The number of carbonyl (C=O) groups is 1. The second kappa shape index (κ2) is 4.25. The molecule has 0 amide bonds. The van der Waals surface area contributed by atoms with Gasteiger partial charge in [-0.3, -0.25) is 9.69 Å². The highest BCUT2D eigenvalue weighted by molar-refractivity contribution is 5.73. The molecule has 0 aromatic rings. The molecule has 0 radical (unpaired) electrons. The lowest BCUT2D eigenvalue weighted by Gasteiger charge is -2.35. The molecule has 2 heterocycles. The van der Waals surface area contributed by atoms with Crippen molar-refractivity contribution in [3.63, 3.8) is 0 Å². The average Bonchev–Trinajstić information content (AvgIpc) is 2.71. The Morgan fingerprint density at radius 3 is 3.07 bits per heavy atom. The number of nitrogens with zero attached hydrogens (tertiary/aromatic N) is 1. The molecule has 2 aliphatic heterocycles. The van der Waals surface area contributed by atoms with Gasteiger partial charge in [0.1, 0.15) is 6.04 Å². The van der Waals surface area contributed by atoms with Gasteiger partial charge in [-0.05, 0) is 6.42 Å². The number of piperazine rings is 1. The number of nitrogens with one attached hydrogen (secondary N) is 1. The molecule has 2 N–H and O–H groups in total. The molecule has 0 aromatic heterocycles. The highest BCUT2D eigenvalue weighted by Crippen LogP contribution is 2.14. The molecule has 0 aromatic carbocycles. The highest BCUT2D eigenvalue weighted by atomic mass is 16.5. The Bertz CT molecular complexity index is 216. The molecule has 2 unspecified atom stereocenters. The molecule has 5 heteroatoms.